The van der Waals surface area contributed by atoms with Gasteiger partial charge < -0.3 is 20.1 Å². The van der Waals surface area contributed by atoms with E-state index in [2.05, 4.69) is 5.32 Å². The Morgan fingerprint density at radius 2 is 2.04 bits per heavy atom. The van der Waals surface area contributed by atoms with Crippen LogP contribution in [0.3, 0.4) is 0 Å². The molecule has 0 saturated heterocycles. The van der Waals surface area contributed by atoms with E-state index in [1.807, 2.05) is 23.1 Å². The second kappa shape index (κ2) is 10.5. The number of carbonyl (C=O) groups is 2. The van der Waals surface area contributed by atoms with E-state index in [4.69, 9.17) is 4.74 Å². The summed E-state index contributed by atoms with van der Waals surface area (Å²) in [4.78, 5) is 25.9. The molecule has 0 atom stereocenters. The molecule has 0 bridgehead atoms. The van der Waals surface area contributed by atoms with E-state index in [0.29, 0.717) is 44.8 Å². The fraction of sp³-hybridized carbons (Fsp3) is 0.636. The molecule has 2 N–H and O–H groups in total. The van der Waals surface area contributed by atoms with Gasteiger partial charge in [0, 0.05) is 37.2 Å². The number of ether oxygens (including phenoxy) is 1. The predicted octanol–water partition coefficient (Wildman–Crippen LogP) is 3.13. The molecule has 3 rings (SSSR count). The molecule has 2 aliphatic rings. The third-order valence-corrected chi connectivity index (χ3v) is 5.73. The number of anilines is 1. The number of benzene rings is 1. The van der Waals surface area contributed by atoms with Crippen LogP contribution >= 0.6 is 0 Å². The van der Waals surface area contributed by atoms with Crippen LogP contribution in [0.4, 0.5) is 5.69 Å². The number of rotatable bonds is 9. The molecule has 2 amide bonds. The number of nitrogens with one attached hydrogen (secondary N) is 1. The predicted molar refractivity (Wildman–Crippen MR) is 108 cm³/mol. The number of hydrogen-bond acceptors (Lipinski definition) is 4. The maximum atomic E-state index is 12.6. The largest absolute Gasteiger partial charge is 0.493 e. The lowest BCUT2D eigenvalue weighted by Gasteiger charge is -2.29. The van der Waals surface area contributed by atoms with E-state index in [1.54, 1.807) is 0 Å². The van der Waals surface area contributed by atoms with Crippen LogP contribution in [0.25, 0.3) is 0 Å². The molecular formula is C22H32N2O4. The summed E-state index contributed by atoms with van der Waals surface area (Å²) in [7, 11) is 0. The standard InChI is InChI=1S/C22H32N2O4/c25-14-13-24(16-17-6-2-1-3-7-17)22(27)10-5-15-28-20-9-4-8-19-18(20)11-12-21(26)23-19/h4,8-9,17,25H,1-3,5-7,10-16H2,(H,23,26). The van der Waals surface area contributed by atoms with Crippen molar-refractivity contribution in [2.24, 2.45) is 5.92 Å². The lowest BCUT2D eigenvalue weighted by molar-refractivity contribution is -0.132. The van der Waals surface area contributed by atoms with E-state index in [0.717, 1.165) is 23.5 Å². The summed E-state index contributed by atoms with van der Waals surface area (Å²) in [5.41, 5.74) is 1.86. The lowest BCUT2D eigenvalue weighted by Crippen LogP contribution is -2.38. The zero-order valence-electron chi connectivity index (χ0n) is 16.6. The van der Waals surface area contributed by atoms with Crippen LogP contribution in [0.2, 0.25) is 0 Å². The summed E-state index contributed by atoms with van der Waals surface area (Å²) in [6.07, 6.45) is 8.41. The maximum Gasteiger partial charge on any atom is 0.224 e. The molecule has 28 heavy (non-hydrogen) atoms. The van der Waals surface area contributed by atoms with Crippen LogP contribution in [-0.2, 0) is 16.0 Å². The normalized spacial score (nSPS) is 17.0. The van der Waals surface area contributed by atoms with Gasteiger partial charge in [0.25, 0.3) is 0 Å². The van der Waals surface area contributed by atoms with Crippen molar-refractivity contribution < 1.29 is 19.4 Å². The summed E-state index contributed by atoms with van der Waals surface area (Å²) in [6, 6.07) is 5.68. The van der Waals surface area contributed by atoms with Gasteiger partial charge in [-0.05, 0) is 43.7 Å². The van der Waals surface area contributed by atoms with Gasteiger partial charge in [-0.2, -0.15) is 0 Å². The number of fused-ring (bicyclic) bond motifs is 1. The molecule has 1 fully saturated rings. The van der Waals surface area contributed by atoms with E-state index >= 15 is 0 Å². The van der Waals surface area contributed by atoms with Crippen molar-refractivity contribution in [3.8, 4) is 5.75 Å². The molecule has 0 aromatic heterocycles. The van der Waals surface area contributed by atoms with Gasteiger partial charge in [-0.1, -0.05) is 25.3 Å². The topological polar surface area (TPSA) is 78.9 Å². The van der Waals surface area contributed by atoms with Crippen molar-refractivity contribution >= 4 is 17.5 Å². The minimum atomic E-state index is 0.0107. The molecule has 6 nitrogen and oxygen atoms in total. The van der Waals surface area contributed by atoms with Crippen LogP contribution in [0.15, 0.2) is 18.2 Å². The van der Waals surface area contributed by atoms with Crippen molar-refractivity contribution in [3.63, 3.8) is 0 Å². The Kier molecular flexibility index (Phi) is 7.71. The highest BCUT2D eigenvalue weighted by Crippen LogP contribution is 2.31. The van der Waals surface area contributed by atoms with Gasteiger partial charge >= 0.3 is 0 Å². The number of nitrogens with zero attached hydrogens (tertiary/aromatic N) is 1. The van der Waals surface area contributed by atoms with Crippen LogP contribution in [0.5, 0.6) is 5.75 Å². The van der Waals surface area contributed by atoms with E-state index in [-0.39, 0.29) is 18.4 Å². The smallest absolute Gasteiger partial charge is 0.224 e. The van der Waals surface area contributed by atoms with Crippen molar-refractivity contribution in [3.05, 3.63) is 23.8 Å². The highest BCUT2D eigenvalue weighted by molar-refractivity contribution is 5.94. The first-order valence-electron chi connectivity index (χ1n) is 10.6. The zero-order valence-corrected chi connectivity index (χ0v) is 16.6. The first-order valence-corrected chi connectivity index (χ1v) is 10.6. The van der Waals surface area contributed by atoms with Gasteiger partial charge in [0.1, 0.15) is 5.75 Å². The van der Waals surface area contributed by atoms with Crippen LogP contribution in [0.1, 0.15) is 56.9 Å². The summed E-state index contributed by atoms with van der Waals surface area (Å²) in [5, 5.41) is 12.2. The van der Waals surface area contributed by atoms with Crippen molar-refractivity contribution in [1.82, 2.24) is 4.90 Å². The van der Waals surface area contributed by atoms with Crippen LogP contribution < -0.4 is 10.1 Å². The molecule has 1 aliphatic carbocycles. The molecule has 154 valence electrons. The van der Waals surface area contributed by atoms with Crippen LogP contribution in [0, 0.1) is 5.92 Å². The summed E-state index contributed by atoms with van der Waals surface area (Å²) >= 11 is 0. The molecule has 1 aromatic rings. The maximum absolute atomic E-state index is 12.6. The average molecular weight is 389 g/mol. The average Bonchev–Trinajstić information content (AvgIpc) is 2.71. The van der Waals surface area contributed by atoms with Crippen molar-refractivity contribution in [2.45, 2.75) is 57.8 Å². The first kappa shape index (κ1) is 20.6. The first-order chi connectivity index (χ1) is 13.7. The van der Waals surface area contributed by atoms with Gasteiger partial charge in [-0.15, -0.1) is 0 Å². The van der Waals surface area contributed by atoms with E-state index in [1.165, 1.54) is 32.1 Å². The highest BCUT2D eigenvalue weighted by Gasteiger charge is 2.21. The fourth-order valence-electron chi connectivity index (χ4n) is 4.21. The minimum Gasteiger partial charge on any atom is -0.493 e. The Balaban J connectivity index is 1.45. The van der Waals surface area contributed by atoms with Crippen molar-refractivity contribution in [2.75, 3.05) is 31.6 Å². The molecule has 6 heteroatoms. The number of carbonyl (C=O) groups excluding carboxylic acids is 2. The molecule has 1 heterocycles. The lowest BCUT2D eigenvalue weighted by atomic mass is 9.89. The molecule has 1 saturated carbocycles. The van der Waals surface area contributed by atoms with E-state index < -0.39 is 0 Å². The second-order valence-corrected chi connectivity index (χ2v) is 7.85. The van der Waals surface area contributed by atoms with Gasteiger partial charge in [-0.3, -0.25) is 9.59 Å². The Labute approximate surface area is 167 Å². The second-order valence-electron chi connectivity index (χ2n) is 7.85. The number of hydrogen-bond donors (Lipinski definition) is 2. The number of aliphatic hydroxyl groups is 1. The SMILES string of the molecule is O=C1CCc2c(cccc2OCCCC(=O)N(CCO)CC2CCCCC2)N1. The van der Waals surface area contributed by atoms with Crippen LogP contribution in [-0.4, -0.2) is 48.1 Å². The minimum absolute atomic E-state index is 0.0107. The Morgan fingerprint density at radius 1 is 1.21 bits per heavy atom. The van der Waals surface area contributed by atoms with Crippen molar-refractivity contribution in [1.29, 1.82) is 0 Å². The Bertz CT molecular complexity index is 671. The quantitative estimate of drug-likeness (QED) is 0.637. The summed E-state index contributed by atoms with van der Waals surface area (Å²) in [5.74, 6) is 1.51. The number of aliphatic hydroxyl groups excluding tert-OH is 1. The molecule has 0 spiro atoms. The monoisotopic (exact) mass is 388 g/mol. The summed E-state index contributed by atoms with van der Waals surface area (Å²) < 4.78 is 5.91. The third kappa shape index (κ3) is 5.71. The Morgan fingerprint density at radius 3 is 2.82 bits per heavy atom. The third-order valence-electron chi connectivity index (χ3n) is 5.73. The van der Waals surface area contributed by atoms with Gasteiger partial charge in [0.15, 0.2) is 0 Å². The fourth-order valence-corrected chi connectivity index (χ4v) is 4.21. The molecule has 0 unspecified atom stereocenters. The highest BCUT2D eigenvalue weighted by atomic mass is 16.5. The zero-order chi connectivity index (χ0) is 19.8. The van der Waals surface area contributed by atoms with E-state index in [9.17, 15) is 14.7 Å². The van der Waals surface area contributed by atoms with Gasteiger partial charge in [0.05, 0.1) is 13.2 Å². The molecule has 1 aliphatic heterocycles. The summed E-state index contributed by atoms with van der Waals surface area (Å²) in [6.45, 7) is 1.66. The molecule has 0 radical (unpaired) electrons. The Hall–Kier alpha value is -2.08. The van der Waals surface area contributed by atoms with Gasteiger partial charge in [0.2, 0.25) is 11.8 Å². The number of amides is 2. The molecular weight excluding hydrogens is 356 g/mol. The molecule has 1 aromatic carbocycles. The van der Waals surface area contributed by atoms with Gasteiger partial charge in [-0.25, -0.2) is 0 Å².